The number of aromatic nitrogens is 1. The van der Waals surface area contributed by atoms with Crippen LogP contribution >= 0.6 is 27.5 Å². The molecule has 0 aliphatic heterocycles. The van der Waals surface area contributed by atoms with E-state index in [1.54, 1.807) is 18.3 Å². The Labute approximate surface area is 125 Å². The van der Waals surface area contributed by atoms with Crippen molar-refractivity contribution in [2.75, 3.05) is 7.05 Å². The minimum absolute atomic E-state index is 0.0801. The molecule has 2 nitrogen and oxygen atoms in total. The van der Waals surface area contributed by atoms with Gasteiger partial charge in [0.2, 0.25) is 0 Å². The third-order valence-electron chi connectivity index (χ3n) is 2.90. The van der Waals surface area contributed by atoms with Gasteiger partial charge >= 0.3 is 0 Å². The number of pyridine rings is 1. The van der Waals surface area contributed by atoms with E-state index >= 15 is 0 Å². The second-order valence-electron chi connectivity index (χ2n) is 4.15. The maximum Gasteiger partial charge on any atom is 0.126 e. The second kappa shape index (κ2) is 6.46. The normalized spacial score (nSPS) is 12.4. The molecule has 0 spiro atoms. The van der Waals surface area contributed by atoms with Crippen LogP contribution in [0.15, 0.2) is 41.0 Å². The van der Waals surface area contributed by atoms with Gasteiger partial charge in [-0.05, 0) is 65.3 Å². The molecule has 1 heterocycles. The van der Waals surface area contributed by atoms with Crippen LogP contribution in [0, 0.1) is 5.82 Å². The van der Waals surface area contributed by atoms with Gasteiger partial charge in [-0.3, -0.25) is 4.98 Å². The molecule has 1 atom stereocenters. The van der Waals surface area contributed by atoms with E-state index in [2.05, 4.69) is 26.2 Å². The highest BCUT2D eigenvalue weighted by molar-refractivity contribution is 9.10. The Hall–Kier alpha value is -0.970. The molecule has 2 aromatic rings. The highest BCUT2D eigenvalue weighted by Gasteiger charge is 2.16. The lowest BCUT2D eigenvalue weighted by atomic mass is 10.0. The van der Waals surface area contributed by atoms with Crippen molar-refractivity contribution in [3.05, 3.63) is 63.1 Å². The van der Waals surface area contributed by atoms with E-state index in [0.717, 1.165) is 10.2 Å². The molecule has 1 N–H and O–H groups in total. The van der Waals surface area contributed by atoms with Crippen molar-refractivity contribution in [2.45, 2.75) is 12.5 Å². The van der Waals surface area contributed by atoms with Crippen molar-refractivity contribution in [3.8, 4) is 0 Å². The molecule has 0 aliphatic rings. The highest BCUT2D eigenvalue weighted by Crippen LogP contribution is 2.25. The standard InChI is InChI=1S/C14H13BrClFN2/c1-18-13(14-11(15)3-2-6-19-14)8-9-7-10(16)4-5-12(9)17/h2-7,13,18H,8H2,1H3. The van der Waals surface area contributed by atoms with E-state index in [1.165, 1.54) is 6.07 Å². The maximum atomic E-state index is 13.8. The summed E-state index contributed by atoms with van der Waals surface area (Å²) in [5, 5.41) is 3.69. The average molecular weight is 344 g/mol. The van der Waals surface area contributed by atoms with Crippen molar-refractivity contribution in [1.82, 2.24) is 10.3 Å². The number of likely N-dealkylation sites (N-methyl/N-ethyl adjacent to an activating group) is 1. The Bertz CT molecular complexity index is 577. The molecule has 0 saturated heterocycles. The van der Waals surface area contributed by atoms with Gasteiger partial charge in [-0.1, -0.05) is 11.6 Å². The lowest BCUT2D eigenvalue weighted by Gasteiger charge is -2.17. The zero-order chi connectivity index (χ0) is 13.8. The third-order valence-corrected chi connectivity index (χ3v) is 3.80. The fraction of sp³-hybridized carbons (Fsp3) is 0.214. The Morgan fingerprint density at radius 3 is 2.89 bits per heavy atom. The first kappa shape index (κ1) is 14.4. The minimum Gasteiger partial charge on any atom is -0.311 e. The number of hydrogen-bond acceptors (Lipinski definition) is 2. The van der Waals surface area contributed by atoms with Gasteiger partial charge in [0, 0.05) is 15.7 Å². The predicted octanol–water partition coefficient (Wildman–Crippen LogP) is 4.14. The largest absolute Gasteiger partial charge is 0.311 e. The third kappa shape index (κ3) is 3.53. The summed E-state index contributed by atoms with van der Waals surface area (Å²) in [6.45, 7) is 0. The summed E-state index contributed by atoms with van der Waals surface area (Å²) in [5.74, 6) is -0.253. The number of halogens is 3. The smallest absolute Gasteiger partial charge is 0.126 e. The zero-order valence-corrected chi connectivity index (χ0v) is 12.7. The van der Waals surface area contributed by atoms with Crippen LogP contribution in [-0.4, -0.2) is 12.0 Å². The lowest BCUT2D eigenvalue weighted by molar-refractivity contribution is 0.543. The molecule has 19 heavy (non-hydrogen) atoms. The molecule has 0 fully saturated rings. The second-order valence-corrected chi connectivity index (χ2v) is 5.44. The first-order valence-corrected chi connectivity index (χ1v) is 7.00. The highest BCUT2D eigenvalue weighted by atomic mass is 79.9. The van der Waals surface area contributed by atoms with Gasteiger partial charge in [0.25, 0.3) is 0 Å². The van der Waals surface area contributed by atoms with Crippen LogP contribution in [0.25, 0.3) is 0 Å². The Balaban J connectivity index is 2.29. The van der Waals surface area contributed by atoms with E-state index < -0.39 is 0 Å². The van der Waals surface area contributed by atoms with Gasteiger partial charge < -0.3 is 5.32 Å². The fourth-order valence-electron chi connectivity index (χ4n) is 1.91. The van der Waals surface area contributed by atoms with Gasteiger partial charge in [-0.2, -0.15) is 0 Å². The monoisotopic (exact) mass is 342 g/mol. The van der Waals surface area contributed by atoms with Crippen molar-refractivity contribution < 1.29 is 4.39 Å². The molecular weight excluding hydrogens is 331 g/mol. The van der Waals surface area contributed by atoms with E-state index in [9.17, 15) is 4.39 Å². The molecule has 0 amide bonds. The molecule has 0 saturated carbocycles. The number of nitrogens with one attached hydrogen (secondary N) is 1. The molecule has 0 bridgehead atoms. The maximum absolute atomic E-state index is 13.8. The van der Waals surface area contributed by atoms with Crippen LogP contribution in [0.5, 0.6) is 0 Å². The quantitative estimate of drug-likeness (QED) is 0.902. The van der Waals surface area contributed by atoms with Crippen molar-refractivity contribution in [3.63, 3.8) is 0 Å². The summed E-state index contributed by atoms with van der Waals surface area (Å²) >= 11 is 9.37. The Morgan fingerprint density at radius 2 is 2.21 bits per heavy atom. The first-order chi connectivity index (χ1) is 9.11. The van der Waals surface area contributed by atoms with Crippen LogP contribution in [0.2, 0.25) is 5.02 Å². The van der Waals surface area contributed by atoms with Crippen LogP contribution in [0.4, 0.5) is 4.39 Å². The summed E-state index contributed by atoms with van der Waals surface area (Å²) in [6, 6.07) is 8.27. The molecule has 1 aromatic heterocycles. The van der Waals surface area contributed by atoms with Crippen LogP contribution in [0.1, 0.15) is 17.3 Å². The van der Waals surface area contributed by atoms with Gasteiger partial charge in [-0.25, -0.2) is 4.39 Å². The van der Waals surface area contributed by atoms with E-state index in [-0.39, 0.29) is 11.9 Å². The number of benzene rings is 1. The minimum atomic E-state index is -0.253. The summed E-state index contributed by atoms with van der Waals surface area (Å²) in [5.41, 5.74) is 1.42. The molecule has 100 valence electrons. The SMILES string of the molecule is CNC(Cc1cc(Cl)ccc1F)c1ncccc1Br. The van der Waals surface area contributed by atoms with Gasteiger partial charge in [-0.15, -0.1) is 0 Å². The van der Waals surface area contributed by atoms with Crippen molar-refractivity contribution in [1.29, 1.82) is 0 Å². The Kier molecular flexibility index (Phi) is 4.91. The fourth-order valence-corrected chi connectivity index (χ4v) is 2.64. The predicted molar refractivity (Wildman–Crippen MR) is 78.9 cm³/mol. The van der Waals surface area contributed by atoms with Crippen LogP contribution in [0.3, 0.4) is 0 Å². The van der Waals surface area contributed by atoms with Crippen molar-refractivity contribution >= 4 is 27.5 Å². The first-order valence-electron chi connectivity index (χ1n) is 5.83. The number of nitrogens with zero attached hydrogens (tertiary/aromatic N) is 1. The average Bonchev–Trinajstić information content (AvgIpc) is 2.41. The molecule has 2 rings (SSSR count). The number of hydrogen-bond donors (Lipinski definition) is 1. The molecule has 0 radical (unpaired) electrons. The molecule has 5 heteroatoms. The van der Waals surface area contributed by atoms with Crippen LogP contribution < -0.4 is 5.32 Å². The van der Waals surface area contributed by atoms with Gasteiger partial charge in [0.1, 0.15) is 5.82 Å². The zero-order valence-electron chi connectivity index (χ0n) is 10.3. The van der Waals surface area contributed by atoms with E-state index in [4.69, 9.17) is 11.6 Å². The van der Waals surface area contributed by atoms with Gasteiger partial charge in [0.05, 0.1) is 11.7 Å². The van der Waals surface area contributed by atoms with Crippen LogP contribution in [-0.2, 0) is 6.42 Å². The van der Waals surface area contributed by atoms with E-state index in [0.29, 0.717) is 17.0 Å². The molecular formula is C14H13BrClFN2. The van der Waals surface area contributed by atoms with Crippen molar-refractivity contribution in [2.24, 2.45) is 0 Å². The van der Waals surface area contributed by atoms with E-state index in [1.807, 2.05) is 19.2 Å². The summed E-state index contributed by atoms with van der Waals surface area (Å²) in [6.07, 6.45) is 2.21. The Morgan fingerprint density at radius 1 is 1.42 bits per heavy atom. The molecule has 1 unspecified atom stereocenters. The van der Waals surface area contributed by atoms with Gasteiger partial charge in [0.15, 0.2) is 0 Å². The summed E-state index contributed by atoms with van der Waals surface area (Å²) in [4.78, 5) is 4.33. The number of rotatable bonds is 4. The molecule has 1 aromatic carbocycles. The summed E-state index contributed by atoms with van der Waals surface area (Å²) < 4.78 is 14.7. The topological polar surface area (TPSA) is 24.9 Å². The molecule has 0 aliphatic carbocycles. The lowest BCUT2D eigenvalue weighted by Crippen LogP contribution is -2.21. The summed E-state index contributed by atoms with van der Waals surface area (Å²) in [7, 11) is 1.83.